The lowest BCUT2D eigenvalue weighted by molar-refractivity contribution is -0.141. The molecule has 2 N–H and O–H groups in total. The van der Waals surface area contributed by atoms with E-state index in [0.717, 1.165) is 30.9 Å². The van der Waals surface area contributed by atoms with Crippen molar-refractivity contribution >= 4 is 17.7 Å². The van der Waals surface area contributed by atoms with Gasteiger partial charge in [-0.15, -0.1) is 11.8 Å². The molecule has 2 saturated heterocycles. The summed E-state index contributed by atoms with van der Waals surface area (Å²) in [6.45, 7) is 2.87. The largest absolute Gasteiger partial charge is 0.374 e. The Morgan fingerprint density at radius 1 is 1.56 bits per heavy atom. The van der Waals surface area contributed by atoms with Crippen LogP contribution in [0, 0.1) is 0 Å². The van der Waals surface area contributed by atoms with Crippen molar-refractivity contribution in [2.75, 3.05) is 12.4 Å². The Morgan fingerprint density at radius 3 is 3.06 bits per heavy atom. The minimum Gasteiger partial charge on any atom is -0.374 e. The van der Waals surface area contributed by atoms with Gasteiger partial charge in [0.25, 0.3) is 0 Å². The molecule has 3 rings (SSSR count). The molecule has 5 heteroatoms. The number of allylic oxidation sites excluding steroid dienone is 1. The third-order valence-electron chi connectivity index (χ3n) is 3.64. The van der Waals surface area contributed by atoms with Gasteiger partial charge in [-0.1, -0.05) is 0 Å². The molecule has 0 saturated carbocycles. The Balaban J connectivity index is 1.86. The van der Waals surface area contributed by atoms with Gasteiger partial charge in [0.2, 0.25) is 5.91 Å². The van der Waals surface area contributed by atoms with Crippen molar-refractivity contribution in [3.05, 3.63) is 11.3 Å². The van der Waals surface area contributed by atoms with Gasteiger partial charge in [-0.25, -0.2) is 0 Å². The Hall–Kier alpha value is -0.520. The molecule has 3 atom stereocenters. The standard InChI is InChI=1S/C11H16N2O2S/c1-6-7(8-3-2-4-15-8)5-16-11-9(12)10(14)13(6)11/h8-9,11H,2-5,12H2,1H3/t8?,9-,11-/m1/s1. The zero-order valence-corrected chi connectivity index (χ0v) is 10.1. The van der Waals surface area contributed by atoms with E-state index in [9.17, 15) is 4.79 Å². The second-order valence-corrected chi connectivity index (χ2v) is 5.65. The lowest BCUT2D eigenvalue weighted by Gasteiger charge is -2.49. The van der Waals surface area contributed by atoms with Gasteiger partial charge in [-0.3, -0.25) is 4.79 Å². The van der Waals surface area contributed by atoms with E-state index >= 15 is 0 Å². The van der Waals surface area contributed by atoms with E-state index in [1.165, 1.54) is 5.57 Å². The van der Waals surface area contributed by atoms with Crippen molar-refractivity contribution in [3.63, 3.8) is 0 Å². The van der Waals surface area contributed by atoms with Crippen LogP contribution < -0.4 is 5.73 Å². The zero-order chi connectivity index (χ0) is 11.3. The number of carbonyl (C=O) groups excluding carboxylic acids is 1. The van der Waals surface area contributed by atoms with Crippen LogP contribution in [-0.2, 0) is 9.53 Å². The molecule has 0 aromatic heterocycles. The molecule has 2 fully saturated rings. The molecule has 1 unspecified atom stereocenters. The topological polar surface area (TPSA) is 55.6 Å². The Bertz CT molecular complexity index is 363. The van der Waals surface area contributed by atoms with Crippen LogP contribution in [0.25, 0.3) is 0 Å². The molecule has 1 amide bonds. The number of rotatable bonds is 1. The number of fused-ring (bicyclic) bond motifs is 1. The van der Waals surface area contributed by atoms with E-state index < -0.39 is 0 Å². The third-order valence-corrected chi connectivity index (χ3v) is 4.96. The maximum absolute atomic E-state index is 11.7. The first-order valence-corrected chi connectivity index (χ1v) is 6.76. The minimum absolute atomic E-state index is 0.0604. The van der Waals surface area contributed by atoms with Gasteiger partial charge in [0.15, 0.2) is 0 Å². The normalized spacial score (nSPS) is 38.8. The predicted octanol–water partition coefficient (Wildman–Crippen LogP) is 0.682. The molecule has 0 aromatic carbocycles. The summed E-state index contributed by atoms with van der Waals surface area (Å²) in [5, 5.41) is 0.164. The molecule has 0 spiro atoms. The van der Waals surface area contributed by atoms with E-state index in [2.05, 4.69) is 0 Å². The van der Waals surface area contributed by atoms with Crippen molar-refractivity contribution in [1.29, 1.82) is 0 Å². The lowest BCUT2D eigenvalue weighted by Crippen LogP contribution is -2.67. The van der Waals surface area contributed by atoms with Gasteiger partial charge in [0.1, 0.15) is 11.4 Å². The summed E-state index contributed by atoms with van der Waals surface area (Å²) >= 11 is 1.77. The highest BCUT2D eigenvalue weighted by atomic mass is 32.2. The summed E-state index contributed by atoms with van der Waals surface area (Å²) in [6.07, 6.45) is 2.45. The van der Waals surface area contributed by atoms with Crippen molar-refractivity contribution in [2.45, 2.75) is 37.3 Å². The molecule has 0 bridgehead atoms. The minimum atomic E-state index is -0.300. The summed E-state index contributed by atoms with van der Waals surface area (Å²) in [6, 6.07) is -0.300. The molecule has 0 aliphatic carbocycles. The van der Waals surface area contributed by atoms with Gasteiger partial charge in [0, 0.05) is 18.1 Å². The fourth-order valence-corrected chi connectivity index (χ4v) is 4.11. The van der Waals surface area contributed by atoms with E-state index in [-0.39, 0.29) is 23.4 Å². The summed E-state index contributed by atoms with van der Waals surface area (Å²) in [5.74, 6) is 1.02. The van der Waals surface area contributed by atoms with Gasteiger partial charge >= 0.3 is 0 Å². The summed E-state index contributed by atoms with van der Waals surface area (Å²) in [4.78, 5) is 13.5. The van der Waals surface area contributed by atoms with Crippen LogP contribution in [0.3, 0.4) is 0 Å². The molecular formula is C11H16N2O2S. The number of thioether (sulfide) groups is 1. The number of ether oxygens (including phenoxy) is 1. The molecule has 3 aliphatic heterocycles. The fraction of sp³-hybridized carbons (Fsp3) is 0.727. The highest BCUT2D eigenvalue weighted by Crippen LogP contribution is 2.41. The van der Waals surface area contributed by atoms with Crippen LogP contribution in [0.1, 0.15) is 19.8 Å². The molecule has 3 heterocycles. The number of amides is 1. The molecule has 0 radical (unpaired) electrons. The Kier molecular flexibility index (Phi) is 2.49. The zero-order valence-electron chi connectivity index (χ0n) is 9.31. The lowest BCUT2D eigenvalue weighted by atomic mass is 10.0. The summed E-state index contributed by atoms with van der Waals surface area (Å²) in [5.41, 5.74) is 8.15. The molecule has 4 nitrogen and oxygen atoms in total. The van der Waals surface area contributed by atoms with Gasteiger partial charge in [-0.2, -0.15) is 0 Å². The highest BCUT2D eigenvalue weighted by molar-refractivity contribution is 8.00. The summed E-state index contributed by atoms with van der Waals surface area (Å²) in [7, 11) is 0. The molecule has 3 aliphatic rings. The maximum Gasteiger partial charge on any atom is 0.247 e. The van der Waals surface area contributed by atoms with Crippen molar-refractivity contribution in [1.82, 2.24) is 4.90 Å². The van der Waals surface area contributed by atoms with E-state index in [0.29, 0.717) is 0 Å². The number of β-lactam (4-membered cyclic amide) rings is 1. The Labute approximate surface area is 99.2 Å². The first-order valence-electron chi connectivity index (χ1n) is 5.71. The number of hydrogen-bond donors (Lipinski definition) is 1. The average Bonchev–Trinajstić information content (AvgIpc) is 2.81. The van der Waals surface area contributed by atoms with Gasteiger partial charge in [0.05, 0.1) is 6.10 Å². The number of hydrogen-bond acceptors (Lipinski definition) is 4. The fourth-order valence-electron chi connectivity index (χ4n) is 2.63. The van der Waals surface area contributed by atoms with Crippen LogP contribution in [0.5, 0.6) is 0 Å². The van der Waals surface area contributed by atoms with Gasteiger partial charge in [-0.05, 0) is 25.3 Å². The van der Waals surface area contributed by atoms with Crippen molar-refractivity contribution in [2.24, 2.45) is 5.73 Å². The predicted molar refractivity (Wildman–Crippen MR) is 62.7 cm³/mol. The molecular weight excluding hydrogens is 224 g/mol. The third kappa shape index (κ3) is 1.35. The van der Waals surface area contributed by atoms with Crippen LogP contribution >= 0.6 is 11.8 Å². The monoisotopic (exact) mass is 240 g/mol. The molecule has 16 heavy (non-hydrogen) atoms. The highest BCUT2D eigenvalue weighted by Gasteiger charge is 2.49. The van der Waals surface area contributed by atoms with Crippen LogP contribution in [0.4, 0.5) is 0 Å². The van der Waals surface area contributed by atoms with Crippen LogP contribution in [0.2, 0.25) is 0 Å². The smallest absolute Gasteiger partial charge is 0.247 e. The number of nitrogens with zero attached hydrogens (tertiary/aromatic N) is 1. The molecule has 88 valence electrons. The first-order chi connectivity index (χ1) is 7.70. The van der Waals surface area contributed by atoms with E-state index in [1.54, 1.807) is 11.8 Å². The summed E-state index contributed by atoms with van der Waals surface area (Å²) < 4.78 is 5.69. The quantitative estimate of drug-likeness (QED) is 0.685. The molecule has 0 aromatic rings. The van der Waals surface area contributed by atoms with E-state index in [1.807, 2.05) is 11.8 Å². The SMILES string of the molecule is CC1=C(C2CCCO2)CS[C@@H]2[C@H](N)C(=O)N12. The van der Waals surface area contributed by atoms with Crippen LogP contribution in [-0.4, -0.2) is 40.7 Å². The van der Waals surface area contributed by atoms with E-state index in [4.69, 9.17) is 10.5 Å². The first kappa shape index (κ1) is 10.6. The average molecular weight is 240 g/mol. The Morgan fingerprint density at radius 2 is 2.38 bits per heavy atom. The van der Waals surface area contributed by atoms with Gasteiger partial charge < -0.3 is 15.4 Å². The number of nitrogens with two attached hydrogens (primary N) is 1. The van der Waals surface area contributed by atoms with Crippen LogP contribution in [0.15, 0.2) is 11.3 Å². The van der Waals surface area contributed by atoms with Crippen molar-refractivity contribution < 1.29 is 9.53 Å². The number of carbonyl (C=O) groups is 1. The second kappa shape index (κ2) is 3.75. The second-order valence-electron chi connectivity index (χ2n) is 4.55. The maximum atomic E-state index is 11.7. The van der Waals surface area contributed by atoms with Crippen molar-refractivity contribution in [3.8, 4) is 0 Å².